The van der Waals surface area contributed by atoms with Gasteiger partial charge >= 0.3 is 5.97 Å². The first kappa shape index (κ1) is 15.5. The molecule has 0 heterocycles. The lowest BCUT2D eigenvalue weighted by atomic mass is 10.0. The Morgan fingerprint density at radius 1 is 1.37 bits per heavy atom. The molecule has 1 aromatic carbocycles. The van der Waals surface area contributed by atoms with Gasteiger partial charge in [0.15, 0.2) is 0 Å². The monoisotopic (exact) mass is 283 g/mol. The highest BCUT2D eigenvalue weighted by Crippen LogP contribution is 2.11. The van der Waals surface area contributed by atoms with Gasteiger partial charge in [0.25, 0.3) is 5.91 Å². The summed E-state index contributed by atoms with van der Waals surface area (Å²) in [7, 11) is 0. The summed E-state index contributed by atoms with van der Waals surface area (Å²) in [5, 5.41) is 11.9. The van der Waals surface area contributed by atoms with Crippen molar-refractivity contribution in [2.75, 3.05) is 6.54 Å². The molecule has 0 radical (unpaired) electrons. The van der Waals surface area contributed by atoms with Crippen LogP contribution in [0.4, 0.5) is 0 Å². The van der Waals surface area contributed by atoms with Crippen LogP contribution >= 0.6 is 11.6 Å². The minimum atomic E-state index is -0.783. The van der Waals surface area contributed by atoms with E-state index in [-0.39, 0.29) is 18.2 Å². The van der Waals surface area contributed by atoms with Gasteiger partial charge in [-0.05, 0) is 37.0 Å². The maximum atomic E-state index is 11.8. The Kier molecular flexibility index (Phi) is 6.36. The average molecular weight is 284 g/mol. The third-order valence-corrected chi connectivity index (χ3v) is 3.10. The number of halogens is 1. The molecule has 0 aliphatic rings. The van der Waals surface area contributed by atoms with Crippen LogP contribution in [-0.4, -0.2) is 23.5 Å². The van der Waals surface area contributed by atoms with Crippen LogP contribution in [0.2, 0.25) is 5.02 Å². The van der Waals surface area contributed by atoms with Crippen molar-refractivity contribution in [3.05, 3.63) is 34.9 Å². The second kappa shape index (κ2) is 7.79. The number of aliphatic carboxylic acids is 1. The number of hydrogen-bond donors (Lipinski definition) is 2. The van der Waals surface area contributed by atoms with Crippen LogP contribution < -0.4 is 5.32 Å². The molecule has 0 spiro atoms. The number of carboxylic acids is 1. The molecule has 0 saturated heterocycles. The molecule has 1 aromatic rings. The maximum absolute atomic E-state index is 11.8. The molecular formula is C14H18ClNO3. The zero-order chi connectivity index (χ0) is 14.3. The molecule has 0 aliphatic carbocycles. The second-order valence-electron chi connectivity index (χ2n) is 4.59. The first-order chi connectivity index (χ1) is 8.99. The summed E-state index contributed by atoms with van der Waals surface area (Å²) in [4.78, 5) is 22.2. The van der Waals surface area contributed by atoms with E-state index in [1.54, 1.807) is 24.3 Å². The summed E-state index contributed by atoms with van der Waals surface area (Å²) in [6.07, 6.45) is 1.56. The summed E-state index contributed by atoms with van der Waals surface area (Å²) in [5.74, 6) is -0.668. The van der Waals surface area contributed by atoms with Gasteiger partial charge in [-0.25, -0.2) is 0 Å². The third-order valence-electron chi connectivity index (χ3n) is 2.86. The fraction of sp³-hybridized carbons (Fsp3) is 0.429. The van der Waals surface area contributed by atoms with Gasteiger partial charge in [-0.2, -0.15) is 0 Å². The third kappa shape index (κ3) is 6.25. The molecule has 0 bridgehead atoms. The first-order valence-electron chi connectivity index (χ1n) is 6.24. The zero-order valence-electron chi connectivity index (χ0n) is 10.9. The zero-order valence-corrected chi connectivity index (χ0v) is 11.6. The van der Waals surface area contributed by atoms with E-state index in [9.17, 15) is 9.59 Å². The van der Waals surface area contributed by atoms with Gasteiger partial charge in [-0.1, -0.05) is 24.6 Å². The van der Waals surface area contributed by atoms with Crippen molar-refractivity contribution < 1.29 is 14.7 Å². The molecule has 19 heavy (non-hydrogen) atoms. The van der Waals surface area contributed by atoms with Crippen LogP contribution in [0, 0.1) is 5.92 Å². The van der Waals surface area contributed by atoms with Gasteiger partial charge in [-0.15, -0.1) is 0 Å². The van der Waals surface area contributed by atoms with Crippen molar-refractivity contribution in [3.63, 3.8) is 0 Å². The van der Waals surface area contributed by atoms with Crippen molar-refractivity contribution in [1.29, 1.82) is 0 Å². The van der Waals surface area contributed by atoms with Gasteiger partial charge in [0.05, 0.1) is 0 Å². The number of hydrogen-bond acceptors (Lipinski definition) is 2. The van der Waals surface area contributed by atoms with Crippen LogP contribution in [-0.2, 0) is 4.79 Å². The van der Waals surface area contributed by atoms with Crippen LogP contribution in [0.15, 0.2) is 24.3 Å². The SMILES string of the molecule is CC(CCNC(=O)c1cccc(Cl)c1)CCC(=O)O. The Balaban J connectivity index is 2.29. The molecular weight excluding hydrogens is 266 g/mol. The highest BCUT2D eigenvalue weighted by atomic mass is 35.5. The van der Waals surface area contributed by atoms with Crippen molar-refractivity contribution in [2.24, 2.45) is 5.92 Å². The molecule has 0 saturated carbocycles. The van der Waals surface area contributed by atoms with Crippen LogP contribution in [0.25, 0.3) is 0 Å². The summed E-state index contributed by atoms with van der Waals surface area (Å²) >= 11 is 5.81. The Hall–Kier alpha value is -1.55. The van der Waals surface area contributed by atoms with Gasteiger partial charge in [-0.3, -0.25) is 9.59 Å². The van der Waals surface area contributed by atoms with E-state index >= 15 is 0 Å². The second-order valence-corrected chi connectivity index (χ2v) is 5.03. The van der Waals surface area contributed by atoms with E-state index < -0.39 is 5.97 Å². The lowest BCUT2D eigenvalue weighted by Gasteiger charge is -2.10. The molecule has 2 N–H and O–H groups in total. The predicted molar refractivity (Wildman–Crippen MR) is 74.4 cm³/mol. The van der Waals surface area contributed by atoms with E-state index in [4.69, 9.17) is 16.7 Å². The Labute approximate surface area is 117 Å². The topological polar surface area (TPSA) is 66.4 Å². The van der Waals surface area contributed by atoms with Gasteiger partial charge < -0.3 is 10.4 Å². The minimum absolute atomic E-state index is 0.159. The van der Waals surface area contributed by atoms with Gasteiger partial charge in [0.2, 0.25) is 0 Å². The maximum Gasteiger partial charge on any atom is 0.303 e. The molecule has 0 aliphatic heterocycles. The predicted octanol–water partition coefficient (Wildman–Crippen LogP) is 2.96. The highest BCUT2D eigenvalue weighted by molar-refractivity contribution is 6.30. The van der Waals surface area contributed by atoms with Gasteiger partial charge in [0.1, 0.15) is 0 Å². The number of rotatable bonds is 7. The summed E-state index contributed by atoms with van der Waals surface area (Å²) in [6.45, 7) is 2.51. The number of benzene rings is 1. The lowest BCUT2D eigenvalue weighted by molar-refractivity contribution is -0.137. The van der Waals surface area contributed by atoms with Crippen molar-refractivity contribution in [3.8, 4) is 0 Å². The fourth-order valence-electron chi connectivity index (χ4n) is 1.68. The number of amides is 1. The summed E-state index contributed by atoms with van der Waals surface area (Å²) in [5.41, 5.74) is 0.533. The molecule has 1 amide bonds. The quantitative estimate of drug-likeness (QED) is 0.808. The van der Waals surface area contributed by atoms with E-state index in [1.807, 2.05) is 6.92 Å². The normalized spacial score (nSPS) is 11.9. The average Bonchev–Trinajstić information content (AvgIpc) is 2.36. The molecule has 0 aromatic heterocycles. The molecule has 0 fully saturated rings. The van der Waals surface area contributed by atoms with Crippen molar-refractivity contribution >= 4 is 23.5 Å². The van der Waals surface area contributed by atoms with Crippen molar-refractivity contribution in [2.45, 2.75) is 26.2 Å². The molecule has 4 nitrogen and oxygen atoms in total. The summed E-state index contributed by atoms with van der Waals surface area (Å²) in [6, 6.07) is 6.76. The largest absolute Gasteiger partial charge is 0.481 e. The molecule has 1 rings (SSSR count). The molecule has 1 atom stereocenters. The van der Waals surface area contributed by atoms with Crippen molar-refractivity contribution in [1.82, 2.24) is 5.32 Å². The lowest BCUT2D eigenvalue weighted by Crippen LogP contribution is -2.25. The Morgan fingerprint density at radius 3 is 2.74 bits per heavy atom. The number of carbonyl (C=O) groups is 2. The van der Waals surface area contributed by atoms with Gasteiger partial charge in [0, 0.05) is 23.6 Å². The molecule has 1 unspecified atom stereocenters. The minimum Gasteiger partial charge on any atom is -0.481 e. The fourth-order valence-corrected chi connectivity index (χ4v) is 1.87. The number of nitrogens with one attached hydrogen (secondary N) is 1. The van der Waals surface area contributed by atoms with E-state index in [0.29, 0.717) is 23.6 Å². The van der Waals surface area contributed by atoms with Crippen LogP contribution in [0.3, 0.4) is 0 Å². The smallest absolute Gasteiger partial charge is 0.303 e. The standard InChI is InChI=1S/C14H18ClNO3/c1-10(5-6-13(17)18)7-8-16-14(19)11-3-2-4-12(15)9-11/h2-4,9-10H,5-8H2,1H3,(H,16,19)(H,17,18). The summed E-state index contributed by atoms with van der Waals surface area (Å²) < 4.78 is 0. The number of carbonyl (C=O) groups excluding carboxylic acids is 1. The van der Waals surface area contributed by atoms with E-state index in [1.165, 1.54) is 0 Å². The van der Waals surface area contributed by atoms with E-state index in [2.05, 4.69) is 5.32 Å². The first-order valence-corrected chi connectivity index (χ1v) is 6.62. The Bertz CT molecular complexity index is 448. The number of carboxylic acid groups (broad SMARTS) is 1. The Morgan fingerprint density at radius 2 is 2.11 bits per heavy atom. The molecule has 5 heteroatoms. The molecule has 104 valence electrons. The highest BCUT2D eigenvalue weighted by Gasteiger charge is 2.08. The van der Waals surface area contributed by atoms with Crippen LogP contribution in [0.5, 0.6) is 0 Å². The van der Waals surface area contributed by atoms with E-state index in [0.717, 1.165) is 6.42 Å². The van der Waals surface area contributed by atoms with Crippen LogP contribution in [0.1, 0.15) is 36.5 Å².